The van der Waals surface area contributed by atoms with Gasteiger partial charge in [0.05, 0.1) is 6.10 Å². The molecule has 0 aliphatic heterocycles. The van der Waals surface area contributed by atoms with E-state index in [0.29, 0.717) is 0 Å². The zero-order chi connectivity index (χ0) is 16.8. The Bertz CT molecular complexity index is 329. The molecule has 0 aliphatic carbocycles. The van der Waals surface area contributed by atoms with Crippen molar-refractivity contribution in [3.8, 4) is 0 Å². The topological polar surface area (TPSA) is 70.6 Å². The van der Waals surface area contributed by atoms with Crippen LogP contribution in [0.15, 0.2) is 0 Å². The van der Waals surface area contributed by atoms with Gasteiger partial charge < -0.3 is 20.2 Å². The second-order valence-electron chi connectivity index (χ2n) is 7.32. The highest BCUT2D eigenvalue weighted by molar-refractivity contribution is 6.74. The Morgan fingerprint density at radius 3 is 2.14 bits per heavy atom. The SMILES string of the molecule is CNCC[C@@H](C)[C@@H](O[Si](C)(C)C(C)(C)C)[C@@H](NC)C(=O)O. The molecule has 0 aliphatic rings. The monoisotopic (exact) mass is 318 g/mol. The second-order valence-corrected chi connectivity index (χ2v) is 12.1. The number of carboxylic acid groups (broad SMARTS) is 1. The fourth-order valence-electron chi connectivity index (χ4n) is 1.99. The minimum absolute atomic E-state index is 0.0603. The Hall–Kier alpha value is -0.433. The van der Waals surface area contributed by atoms with Gasteiger partial charge in [-0.1, -0.05) is 27.7 Å². The second kappa shape index (κ2) is 8.27. The molecule has 0 rings (SSSR count). The molecule has 0 saturated heterocycles. The Kier molecular flexibility index (Phi) is 8.10. The summed E-state index contributed by atoms with van der Waals surface area (Å²) in [5, 5.41) is 15.6. The average molecular weight is 319 g/mol. The number of likely N-dealkylation sites (N-methyl/N-ethyl adjacent to an activating group) is 1. The van der Waals surface area contributed by atoms with E-state index in [-0.39, 0.29) is 17.1 Å². The lowest BCUT2D eigenvalue weighted by atomic mass is 9.95. The molecule has 21 heavy (non-hydrogen) atoms. The van der Waals surface area contributed by atoms with Crippen molar-refractivity contribution >= 4 is 14.3 Å². The fourth-order valence-corrected chi connectivity index (χ4v) is 3.40. The number of nitrogens with one attached hydrogen (secondary N) is 2. The van der Waals surface area contributed by atoms with E-state index in [1.54, 1.807) is 7.05 Å². The van der Waals surface area contributed by atoms with Gasteiger partial charge in [-0.3, -0.25) is 4.79 Å². The molecule has 0 spiro atoms. The molecule has 0 aromatic rings. The van der Waals surface area contributed by atoms with Crippen molar-refractivity contribution in [2.75, 3.05) is 20.6 Å². The maximum Gasteiger partial charge on any atom is 0.323 e. The molecule has 0 amide bonds. The first-order valence-electron chi connectivity index (χ1n) is 7.70. The quantitative estimate of drug-likeness (QED) is 0.569. The summed E-state index contributed by atoms with van der Waals surface area (Å²) in [7, 11) is 1.57. The number of carboxylic acids is 1. The van der Waals surface area contributed by atoms with Crippen LogP contribution in [0.1, 0.15) is 34.1 Å². The zero-order valence-corrected chi connectivity index (χ0v) is 15.9. The molecule has 126 valence electrons. The molecule has 3 N–H and O–H groups in total. The van der Waals surface area contributed by atoms with Crippen LogP contribution in [0.5, 0.6) is 0 Å². The summed E-state index contributed by atoms with van der Waals surface area (Å²) in [5.74, 6) is -0.683. The van der Waals surface area contributed by atoms with E-state index in [4.69, 9.17) is 4.43 Å². The van der Waals surface area contributed by atoms with Crippen LogP contribution in [-0.4, -0.2) is 52.2 Å². The van der Waals surface area contributed by atoms with Crippen molar-refractivity contribution in [1.82, 2.24) is 10.6 Å². The van der Waals surface area contributed by atoms with Crippen LogP contribution >= 0.6 is 0 Å². The van der Waals surface area contributed by atoms with E-state index >= 15 is 0 Å². The summed E-state index contributed by atoms with van der Waals surface area (Å²) in [5.41, 5.74) is 0. The third-order valence-electron chi connectivity index (χ3n) is 4.55. The summed E-state index contributed by atoms with van der Waals surface area (Å²) in [6.07, 6.45) is 0.572. The molecule has 0 unspecified atom stereocenters. The Morgan fingerprint density at radius 2 is 1.81 bits per heavy atom. The molecule has 0 aromatic carbocycles. The van der Waals surface area contributed by atoms with Crippen molar-refractivity contribution in [1.29, 1.82) is 0 Å². The molecular weight excluding hydrogens is 284 g/mol. The van der Waals surface area contributed by atoms with E-state index in [1.165, 1.54) is 0 Å². The largest absolute Gasteiger partial charge is 0.480 e. The van der Waals surface area contributed by atoms with Gasteiger partial charge in [-0.2, -0.15) is 0 Å². The minimum atomic E-state index is -2.02. The third-order valence-corrected chi connectivity index (χ3v) is 9.03. The highest BCUT2D eigenvalue weighted by Crippen LogP contribution is 2.38. The first kappa shape index (κ1) is 20.6. The maximum atomic E-state index is 11.5. The highest BCUT2D eigenvalue weighted by atomic mass is 28.4. The highest BCUT2D eigenvalue weighted by Gasteiger charge is 2.43. The van der Waals surface area contributed by atoms with Crippen molar-refractivity contribution in [3.63, 3.8) is 0 Å². The van der Waals surface area contributed by atoms with Crippen molar-refractivity contribution in [3.05, 3.63) is 0 Å². The molecule has 0 radical (unpaired) electrons. The summed E-state index contributed by atoms with van der Waals surface area (Å²) in [6, 6.07) is -0.675. The van der Waals surface area contributed by atoms with Crippen LogP contribution in [-0.2, 0) is 9.22 Å². The predicted octanol–water partition coefficient (Wildman–Crippen LogP) is 2.29. The van der Waals surface area contributed by atoms with Gasteiger partial charge in [0.15, 0.2) is 8.32 Å². The van der Waals surface area contributed by atoms with Gasteiger partial charge in [-0.25, -0.2) is 0 Å². The number of hydrogen-bond donors (Lipinski definition) is 3. The molecule has 0 aromatic heterocycles. The van der Waals surface area contributed by atoms with E-state index < -0.39 is 20.3 Å². The van der Waals surface area contributed by atoms with Crippen LogP contribution in [0.25, 0.3) is 0 Å². The van der Waals surface area contributed by atoms with Gasteiger partial charge in [-0.15, -0.1) is 0 Å². The first-order chi connectivity index (χ1) is 9.47. The van der Waals surface area contributed by atoms with E-state index in [9.17, 15) is 9.90 Å². The van der Waals surface area contributed by atoms with Crippen molar-refractivity contribution in [2.45, 2.75) is 64.4 Å². The molecule has 0 fully saturated rings. The summed E-state index contributed by atoms with van der Waals surface area (Å²) in [6.45, 7) is 13.8. The smallest absolute Gasteiger partial charge is 0.323 e. The number of aliphatic carboxylic acids is 1. The van der Waals surface area contributed by atoms with Gasteiger partial charge >= 0.3 is 5.97 Å². The third kappa shape index (κ3) is 6.06. The minimum Gasteiger partial charge on any atom is -0.480 e. The molecule has 6 heteroatoms. The van der Waals surface area contributed by atoms with Crippen LogP contribution in [0.3, 0.4) is 0 Å². The van der Waals surface area contributed by atoms with Crippen molar-refractivity contribution in [2.24, 2.45) is 5.92 Å². The molecule has 3 atom stereocenters. The Labute approximate surface area is 131 Å². The molecule has 0 bridgehead atoms. The van der Waals surface area contributed by atoms with Crippen LogP contribution in [0, 0.1) is 5.92 Å². The van der Waals surface area contributed by atoms with E-state index in [1.807, 2.05) is 7.05 Å². The average Bonchev–Trinajstić information content (AvgIpc) is 2.33. The van der Waals surface area contributed by atoms with Gasteiger partial charge in [-0.05, 0) is 51.1 Å². The maximum absolute atomic E-state index is 11.5. The number of carbonyl (C=O) groups is 1. The van der Waals surface area contributed by atoms with Crippen molar-refractivity contribution < 1.29 is 14.3 Å². The summed E-state index contributed by atoms with van der Waals surface area (Å²) < 4.78 is 6.44. The zero-order valence-electron chi connectivity index (χ0n) is 14.9. The summed E-state index contributed by atoms with van der Waals surface area (Å²) in [4.78, 5) is 11.5. The Balaban J connectivity index is 5.26. The molecule has 0 heterocycles. The standard InChI is InChI=1S/C15H34N2O3Si/c1-11(9-10-16-5)13(12(17-6)14(18)19)20-21(7,8)15(2,3)4/h11-13,16-17H,9-10H2,1-8H3,(H,18,19)/t11-,12-,13-/m1/s1. The van der Waals surface area contributed by atoms with Crippen LogP contribution in [0.4, 0.5) is 0 Å². The normalized spacial score (nSPS) is 17.3. The summed E-state index contributed by atoms with van der Waals surface area (Å²) >= 11 is 0. The first-order valence-corrected chi connectivity index (χ1v) is 10.6. The molecule has 5 nitrogen and oxygen atoms in total. The van der Waals surface area contributed by atoms with Gasteiger partial charge in [0, 0.05) is 0 Å². The van der Waals surface area contributed by atoms with E-state index in [2.05, 4.69) is 51.4 Å². The van der Waals surface area contributed by atoms with Gasteiger partial charge in [0.1, 0.15) is 6.04 Å². The number of hydrogen-bond acceptors (Lipinski definition) is 4. The van der Waals surface area contributed by atoms with Gasteiger partial charge in [0.2, 0.25) is 0 Å². The Morgan fingerprint density at radius 1 is 1.29 bits per heavy atom. The van der Waals surface area contributed by atoms with Gasteiger partial charge in [0.25, 0.3) is 0 Å². The van der Waals surface area contributed by atoms with E-state index in [0.717, 1.165) is 13.0 Å². The molecule has 0 saturated carbocycles. The predicted molar refractivity (Wildman–Crippen MR) is 90.3 cm³/mol. The lowest BCUT2D eigenvalue weighted by Crippen LogP contribution is -2.55. The number of rotatable bonds is 9. The molecular formula is C15H34N2O3Si. The fraction of sp³-hybridized carbons (Fsp3) is 0.933. The lowest BCUT2D eigenvalue weighted by Gasteiger charge is -2.42. The lowest BCUT2D eigenvalue weighted by molar-refractivity contribution is -0.143. The van der Waals surface area contributed by atoms with Crippen LogP contribution < -0.4 is 10.6 Å². The van der Waals surface area contributed by atoms with Crippen LogP contribution in [0.2, 0.25) is 18.1 Å².